The quantitative estimate of drug-likeness (QED) is 0.431. The van der Waals surface area contributed by atoms with Crippen LogP contribution in [0, 0.1) is 0 Å². The molecule has 0 heterocycles. The minimum Gasteiger partial charge on any atom is -0.462 e. The van der Waals surface area contributed by atoms with Gasteiger partial charge in [-0.2, -0.15) is 0 Å². The van der Waals surface area contributed by atoms with Crippen molar-refractivity contribution in [1.29, 1.82) is 0 Å². The highest BCUT2D eigenvalue weighted by molar-refractivity contribution is 8.00. The Morgan fingerprint density at radius 2 is 2.20 bits per heavy atom. The number of hydrogen-bond acceptors (Lipinski definition) is 5. The van der Waals surface area contributed by atoms with Crippen molar-refractivity contribution in [1.82, 2.24) is 5.32 Å². The van der Waals surface area contributed by atoms with Crippen LogP contribution in [0.15, 0.2) is 29.2 Å². The topological polar surface area (TPSA) is 47.6 Å². The summed E-state index contributed by atoms with van der Waals surface area (Å²) in [6.45, 7) is 6.04. The van der Waals surface area contributed by atoms with E-state index in [-0.39, 0.29) is 12.1 Å². The van der Waals surface area contributed by atoms with Gasteiger partial charge >= 0.3 is 5.97 Å². The van der Waals surface area contributed by atoms with Gasteiger partial charge in [0.15, 0.2) is 0 Å². The second-order valence-corrected chi connectivity index (χ2v) is 5.69. The van der Waals surface area contributed by atoms with E-state index in [0.29, 0.717) is 12.4 Å². The summed E-state index contributed by atoms with van der Waals surface area (Å²) >= 11 is 1.50. The van der Waals surface area contributed by atoms with Crippen molar-refractivity contribution in [3.63, 3.8) is 0 Å². The molecule has 1 aromatic carbocycles. The zero-order chi connectivity index (χ0) is 14.8. The monoisotopic (exact) mass is 297 g/mol. The van der Waals surface area contributed by atoms with Gasteiger partial charge < -0.3 is 14.8 Å². The number of ether oxygens (including phenoxy) is 2. The Hall–Kier alpha value is -1.04. The number of thioether (sulfide) groups is 1. The van der Waals surface area contributed by atoms with Gasteiger partial charge in [-0.05, 0) is 31.5 Å². The first kappa shape index (κ1) is 17.0. The first-order valence-electron chi connectivity index (χ1n) is 6.72. The molecule has 0 aliphatic heterocycles. The van der Waals surface area contributed by atoms with Crippen LogP contribution >= 0.6 is 11.8 Å². The van der Waals surface area contributed by atoms with Crippen LogP contribution in [-0.2, 0) is 20.8 Å². The van der Waals surface area contributed by atoms with E-state index < -0.39 is 0 Å². The number of nitrogens with one attached hydrogen (secondary N) is 1. The third kappa shape index (κ3) is 7.53. The molecule has 0 saturated heterocycles. The van der Waals surface area contributed by atoms with Gasteiger partial charge in [-0.15, -0.1) is 11.8 Å². The fraction of sp³-hybridized carbons (Fsp3) is 0.533. The van der Waals surface area contributed by atoms with E-state index in [1.165, 1.54) is 17.3 Å². The molecular formula is C15H23NO3S. The summed E-state index contributed by atoms with van der Waals surface area (Å²) in [6.07, 6.45) is -0.0561. The lowest BCUT2D eigenvalue weighted by molar-refractivity contribution is -0.144. The van der Waals surface area contributed by atoms with Crippen molar-refractivity contribution in [3.05, 3.63) is 29.8 Å². The van der Waals surface area contributed by atoms with E-state index in [4.69, 9.17) is 9.47 Å². The Labute approximate surface area is 125 Å². The van der Waals surface area contributed by atoms with Crippen LogP contribution < -0.4 is 5.32 Å². The van der Waals surface area contributed by atoms with Crippen molar-refractivity contribution in [3.8, 4) is 0 Å². The molecule has 1 N–H and O–H groups in total. The maximum atomic E-state index is 11.5. The summed E-state index contributed by atoms with van der Waals surface area (Å²) in [5.74, 6) is 0.173. The molecule has 0 unspecified atom stereocenters. The van der Waals surface area contributed by atoms with Gasteiger partial charge in [0.1, 0.15) is 0 Å². The summed E-state index contributed by atoms with van der Waals surface area (Å²) in [5, 5.41) is 3.29. The standard InChI is InChI=1S/C15H23NO3S/c1-12(2)19-15(17)11-20-14-6-4-5-13(9-14)10-16-7-8-18-3/h4-6,9,12,16H,7-8,10-11H2,1-3H3. The lowest BCUT2D eigenvalue weighted by atomic mass is 10.2. The molecule has 4 nitrogen and oxygen atoms in total. The smallest absolute Gasteiger partial charge is 0.316 e. The highest BCUT2D eigenvalue weighted by Crippen LogP contribution is 2.19. The Morgan fingerprint density at radius 3 is 2.90 bits per heavy atom. The van der Waals surface area contributed by atoms with E-state index in [1.54, 1.807) is 7.11 Å². The number of hydrogen-bond donors (Lipinski definition) is 1. The van der Waals surface area contributed by atoms with Gasteiger partial charge in [-0.25, -0.2) is 0 Å². The molecule has 1 aromatic rings. The zero-order valence-corrected chi connectivity index (χ0v) is 13.2. The molecule has 0 atom stereocenters. The highest BCUT2D eigenvalue weighted by Gasteiger charge is 2.06. The van der Waals surface area contributed by atoms with Crippen molar-refractivity contribution in [2.45, 2.75) is 31.4 Å². The molecule has 20 heavy (non-hydrogen) atoms. The molecule has 1 rings (SSSR count). The lowest BCUT2D eigenvalue weighted by Gasteiger charge is -2.08. The first-order valence-corrected chi connectivity index (χ1v) is 7.71. The maximum Gasteiger partial charge on any atom is 0.316 e. The Balaban J connectivity index is 2.37. The van der Waals surface area contributed by atoms with E-state index >= 15 is 0 Å². The van der Waals surface area contributed by atoms with Gasteiger partial charge in [0.2, 0.25) is 0 Å². The number of methoxy groups -OCH3 is 1. The lowest BCUT2D eigenvalue weighted by Crippen LogP contribution is -2.18. The van der Waals surface area contributed by atoms with E-state index in [9.17, 15) is 4.79 Å². The first-order chi connectivity index (χ1) is 9.61. The minimum absolute atomic E-state index is 0.0561. The normalized spacial score (nSPS) is 10.8. The fourth-order valence-electron chi connectivity index (χ4n) is 1.59. The summed E-state index contributed by atoms with van der Waals surface area (Å²) in [5.41, 5.74) is 1.20. The van der Waals surface area contributed by atoms with Gasteiger partial charge in [0.25, 0.3) is 0 Å². The molecule has 0 aliphatic carbocycles. The second kappa shape index (κ2) is 9.80. The van der Waals surface area contributed by atoms with Crippen LogP contribution in [0.5, 0.6) is 0 Å². The largest absolute Gasteiger partial charge is 0.462 e. The van der Waals surface area contributed by atoms with Gasteiger partial charge in [-0.3, -0.25) is 4.79 Å². The summed E-state index contributed by atoms with van der Waals surface area (Å²) in [4.78, 5) is 12.6. The van der Waals surface area contributed by atoms with E-state index in [0.717, 1.165) is 18.0 Å². The molecule has 0 radical (unpaired) electrons. The van der Waals surface area contributed by atoms with Crippen molar-refractivity contribution < 1.29 is 14.3 Å². The molecule has 0 fully saturated rings. The molecule has 0 aromatic heterocycles. The molecule has 5 heteroatoms. The predicted molar refractivity (Wildman–Crippen MR) is 82.0 cm³/mol. The molecule has 0 bridgehead atoms. The molecule has 0 aliphatic rings. The maximum absolute atomic E-state index is 11.5. The number of esters is 1. The third-order valence-corrected chi connectivity index (χ3v) is 3.40. The van der Waals surface area contributed by atoms with Crippen LogP contribution in [0.3, 0.4) is 0 Å². The van der Waals surface area contributed by atoms with Crippen LogP contribution in [-0.4, -0.2) is 38.1 Å². The molecule has 0 amide bonds. The minimum atomic E-state index is -0.173. The van der Waals surface area contributed by atoms with Gasteiger partial charge in [0.05, 0.1) is 18.5 Å². The Bertz CT molecular complexity index is 410. The average Bonchev–Trinajstić information content (AvgIpc) is 2.41. The van der Waals surface area contributed by atoms with Crippen molar-refractivity contribution in [2.75, 3.05) is 26.0 Å². The van der Waals surface area contributed by atoms with Crippen LogP contribution in [0.1, 0.15) is 19.4 Å². The number of rotatable bonds is 9. The molecule has 0 spiro atoms. The van der Waals surface area contributed by atoms with Crippen LogP contribution in [0.25, 0.3) is 0 Å². The summed E-state index contributed by atoms with van der Waals surface area (Å²) in [6, 6.07) is 8.17. The number of carbonyl (C=O) groups excluding carboxylic acids is 1. The number of carbonyl (C=O) groups is 1. The predicted octanol–water partition coefficient (Wildman–Crippen LogP) is 2.47. The van der Waals surface area contributed by atoms with Crippen molar-refractivity contribution >= 4 is 17.7 Å². The summed E-state index contributed by atoms with van der Waals surface area (Å²) < 4.78 is 10.1. The van der Waals surface area contributed by atoms with Gasteiger partial charge in [-0.1, -0.05) is 12.1 Å². The van der Waals surface area contributed by atoms with Crippen molar-refractivity contribution in [2.24, 2.45) is 0 Å². The fourth-order valence-corrected chi connectivity index (χ4v) is 2.35. The molecular weight excluding hydrogens is 274 g/mol. The number of benzene rings is 1. The molecule has 0 saturated carbocycles. The highest BCUT2D eigenvalue weighted by atomic mass is 32.2. The van der Waals surface area contributed by atoms with Gasteiger partial charge in [0, 0.05) is 25.1 Å². The van der Waals surface area contributed by atoms with Crippen LogP contribution in [0.2, 0.25) is 0 Å². The second-order valence-electron chi connectivity index (χ2n) is 4.64. The van der Waals surface area contributed by atoms with E-state index in [1.807, 2.05) is 26.0 Å². The Morgan fingerprint density at radius 1 is 1.40 bits per heavy atom. The third-order valence-electron chi connectivity index (χ3n) is 2.43. The van der Waals surface area contributed by atoms with Crippen LogP contribution in [0.4, 0.5) is 0 Å². The molecule has 112 valence electrons. The van der Waals surface area contributed by atoms with E-state index in [2.05, 4.69) is 17.4 Å². The average molecular weight is 297 g/mol. The SMILES string of the molecule is COCCNCc1cccc(SCC(=O)OC(C)C)c1. The summed E-state index contributed by atoms with van der Waals surface area (Å²) in [7, 11) is 1.69. The Kier molecular flexibility index (Phi) is 8.34. The zero-order valence-electron chi connectivity index (χ0n) is 12.3.